The lowest BCUT2D eigenvalue weighted by molar-refractivity contribution is -0.138. The van der Waals surface area contributed by atoms with Crippen molar-refractivity contribution in [3.8, 4) is 0 Å². The summed E-state index contributed by atoms with van der Waals surface area (Å²) in [5.41, 5.74) is -0.314. The minimum atomic E-state index is -0.966. The molecule has 7 nitrogen and oxygen atoms in total. The zero-order valence-electron chi connectivity index (χ0n) is 11.1. The van der Waals surface area contributed by atoms with Crippen LogP contribution in [0.5, 0.6) is 0 Å². The fourth-order valence-corrected chi connectivity index (χ4v) is 1.72. The molecule has 0 aromatic heterocycles. The molecule has 0 aliphatic carbocycles. The zero-order chi connectivity index (χ0) is 15.4. The second-order valence-electron chi connectivity index (χ2n) is 4.01. The molecule has 1 aliphatic rings. The first kappa shape index (κ1) is 14.4. The molecular weight excluding hydrogens is 276 g/mol. The summed E-state index contributed by atoms with van der Waals surface area (Å²) in [4.78, 5) is 36.1. The van der Waals surface area contributed by atoms with E-state index < -0.39 is 35.0 Å². The smallest absolute Gasteiger partial charge is 0.346 e. The molecule has 2 N–H and O–H groups in total. The molecule has 1 aliphatic heterocycles. The summed E-state index contributed by atoms with van der Waals surface area (Å²) in [5.74, 6) is -3.01. The average Bonchev–Trinajstić information content (AvgIpc) is 2.79. The van der Waals surface area contributed by atoms with Crippen LogP contribution in [0, 0.1) is 5.41 Å². The third-order valence-corrected chi connectivity index (χ3v) is 2.61. The van der Waals surface area contributed by atoms with Gasteiger partial charge in [-0.2, -0.15) is 0 Å². The maximum Gasteiger partial charge on any atom is 0.346 e. The fourth-order valence-electron chi connectivity index (χ4n) is 1.72. The van der Waals surface area contributed by atoms with Crippen LogP contribution in [0.1, 0.15) is 17.3 Å². The Labute approximate surface area is 120 Å². The summed E-state index contributed by atoms with van der Waals surface area (Å²) in [6.45, 7) is 1.61. The van der Waals surface area contributed by atoms with Gasteiger partial charge >= 0.3 is 5.97 Å². The minimum absolute atomic E-state index is 0.0384. The van der Waals surface area contributed by atoms with Crippen molar-refractivity contribution in [1.29, 1.82) is 5.41 Å². The van der Waals surface area contributed by atoms with Gasteiger partial charge in [-0.15, -0.1) is 0 Å². The second kappa shape index (κ2) is 6.00. The van der Waals surface area contributed by atoms with E-state index in [9.17, 15) is 14.4 Å². The van der Waals surface area contributed by atoms with Crippen LogP contribution < -0.4 is 5.32 Å². The molecule has 21 heavy (non-hydrogen) atoms. The maximum atomic E-state index is 12.4. The molecule has 0 radical (unpaired) electrons. The molecule has 1 amide bonds. The Hall–Kier alpha value is -2.96. The Morgan fingerprint density at radius 1 is 1.29 bits per heavy atom. The monoisotopic (exact) mass is 288 g/mol. The Morgan fingerprint density at radius 3 is 2.48 bits per heavy atom. The highest BCUT2D eigenvalue weighted by Crippen LogP contribution is 2.18. The number of hydrogen-bond donors (Lipinski definition) is 2. The topological polar surface area (TPSA) is 106 Å². The lowest BCUT2D eigenvalue weighted by Gasteiger charge is -2.07. The third-order valence-electron chi connectivity index (χ3n) is 2.61. The van der Waals surface area contributed by atoms with E-state index in [2.05, 4.69) is 5.32 Å². The molecule has 108 valence electrons. The minimum Gasteiger partial charge on any atom is -0.462 e. The Morgan fingerprint density at radius 2 is 1.95 bits per heavy atom. The van der Waals surface area contributed by atoms with Crippen molar-refractivity contribution in [2.75, 3.05) is 6.61 Å². The average molecular weight is 288 g/mol. The number of hydrogen-bond acceptors (Lipinski definition) is 6. The molecule has 1 aromatic carbocycles. The van der Waals surface area contributed by atoms with E-state index in [1.807, 2.05) is 0 Å². The van der Waals surface area contributed by atoms with Gasteiger partial charge in [0.1, 0.15) is 0 Å². The fraction of sp³-hybridized carbons (Fsp3) is 0.143. The van der Waals surface area contributed by atoms with Crippen molar-refractivity contribution in [3.63, 3.8) is 0 Å². The van der Waals surface area contributed by atoms with E-state index in [1.165, 1.54) is 12.1 Å². The van der Waals surface area contributed by atoms with Crippen molar-refractivity contribution in [2.24, 2.45) is 0 Å². The van der Waals surface area contributed by atoms with Crippen LogP contribution in [-0.4, -0.2) is 30.3 Å². The first-order valence-corrected chi connectivity index (χ1v) is 6.13. The van der Waals surface area contributed by atoms with Gasteiger partial charge in [0, 0.05) is 5.56 Å². The summed E-state index contributed by atoms with van der Waals surface area (Å²) in [5, 5.41) is 9.29. The van der Waals surface area contributed by atoms with Crippen molar-refractivity contribution in [2.45, 2.75) is 6.92 Å². The van der Waals surface area contributed by atoms with Gasteiger partial charge in [0.05, 0.1) is 6.61 Å². The van der Waals surface area contributed by atoms with Crippen LogP contribution in [0.25, 0.3) is 0 Å². The van der Waals surface area contributed by atoms with Crippen molar-refractivity contribution >= 4 is 23.7 Å². The third kappa shape index (κ3) is 2.97. The molecule has 0 unspecified atom stereocenters. The van der Waals surface area contributed by atoms with Gasteiger partial charge < -0.3 is 9.47 Å². The number of amides is 1. The predicted octanol–water partition coefficient (Wildman–Crippen LogP) is 0.768. The van der Waals surface area contributed by atoms with Crippen LogP contribution in [0.4, 0.5) is 0 Å². The van der Waals surface area contributed by atoms with Crippen LogP contribution in [0.2, 0.25) is 0 Å². The number of nitrogens with one attached hydrogen (secondary N) is 2. The summed E-state index contributed by atoms with van der Waals surface area (Å²) in [6.07, 6.45) is 0. The number of esters is 1. The number of carbonyl (C=O) groups is 3. The van der Waals surface area contributed by atoms with Crippen molar-refractivity contribution in [3.05, 3.63) is 47.2 Å². The van der Waals surface area contributed by atoms with E-state index >= 15 is 0 Å². The molecule has 1 aromatic rings. The van der Waals surface area contributed by atoms with Gasteiger partial charge in [-0.3, -0.25) is 20.3 Å². The standard InChI is InChI=1S/C14H12N2O5/c1-2-20-13(19)9(11-12(18)16-14(15)21-11)10(17)8-6-4-3-5-7-8/h3-7H,2H2,1H3,(H2,15,16,18)/b11-9-. The highest BCUT2D eigenvalue weighted by Gasteiger charge is 2.35. The molecule has 1 saturated heterocycles. The van der Waals surface area contributed by atoms with Crippen LogP contribution in [0.3, 0.4) is 0 Å². The first-order valence-electron chi connectivity index (χ1n) is 6.13. The molecule has 0 bridgehead atoms. The van der Waals surface area contributed by atoms with Gasteiger partial charge in [0.15, 0.2) is 5.57 Å². The Kier molecular flexibility index (Phi) is 4.13. The molecule has 1 heterocycles. The van der Waals surface area contributed by atoms with Crippen LogP contribution in [0.15, 0.2) is 41.7 Å². The van der Waals surface area contributed by atoms with Crippen LogP contribution >= 0.6 is 0 Å². The number of ketones is 1. The van der Waals surface area contributed by atoms with Gasteiger partial charge in [-0.1, -0.05) is 30.3 Å². The summed E-state index contributed by atoms with van der Waals surface area (Å²) in [7, 11) is 0. The summed E-state index contributed by atoms with van der Waals surface area (Å²) < 4.78 is 9.62. The molecule has 0 spiro atoms. The Bertz CT molecular complexity index is 649. The number of amidine groups is 1. The van der Waals surface area contributed by atoms with Gasteiger partial charge in [-0.05, 0) is 6.92 Å². The normalized spacial score (nSPS) is 16.0. The highest BCUT2D eigenvalue weighted by atomic mass is 16.5. The van der Waals surface area contributed by atoms with Crippen molar-refractivity contribution in [1.82, 2.24) is 5.32 Å². The summed E-state index contributed by atoms with van der Waals surface area (Å²) >= 11 is 0. The van der Waals surface area contributed by atoms with E-state index in [1.54, 1.807) is 25.1 Å². The lowest BCUT2D eigenvalue weighted by atomic mass is 10.0. The van der Waals surface area contributed by atoms with Gasteiger partial charge in [0.2, 0.25) is 11.5 Å². The largest absolute Gasteiger partial charge is 0.462 e. The molecule has 2 rings (SSSR count). The molecule has 0 atom stereocenters. The van der Waals surface area contributed by atoms with Crippen LogP contribution in [-0.2, 0) is 19.1 Å². The van der Waals surface area contributed by atoms with Crippen molar-refractivity contribution < 1.29 is 23.9 Å². The molecule has 7 heteroatoms. The highest BCUT2D eigenvalue weighted by molar-refractivity contribution is 6.28. The number of Topliss-reactive ketones (excluding diaryl/α,β-unsaturated/α-hetero) is 1. The molecule has 0 saturated carbocycles. The Balaban J connectivity index is 2.50. The SMILES string of the molecule is CCOC(=O)/C(C(=O)c1ccccc1)=C1\OC(=N)NC1=O. The number of benzene rings is 1. The second-order valence-corrected chi connectivity index (χ2v) is 4.01. The van der Waals surface area contributed by atoms with E-state index in [0.717, 1.165) is 0 Å². The quantitative estimate of drug-likeness (QED) is 0.280. The van der Waals surface area contributed by atoms with Gasteiger partial charge in [0.25, 0.3) is 11.9 Å². The van der Waals surface area contributed by atoms with E-state index in [4.69, 9.17) is 14.9 Å². The van der Waals surface area contributed by atoms with Gasteiger partial charge in [-0.25, -0.2) is 4.79 Å². The zero-order valence-corrected chi connectivity index (χ0v) is 11.1. The number of ether oxygens (including phenoxy) is 2. The summed E-state index contributed by atoms with van der Waals surface area (Å²) in [6, 6.07) is 7.41. The number of carbonyl (C=O) groups excluding carboxylic acids is 3. The maximum absolute atomic E-state index is 12.4. The van der Waals surface area contributed by atoms with E-state index in [0.29, 0.717) is 0 Å². The van der Waals surface area contributed by atoms with E-state index in [-0.39, 0.29) is 12.2 Å². The molecular formula is C14H12N2O5. The number of rotatable bonds is 4. The lowest BCUT2D eigenvalue weighted by Crippen LogP contribution is -2.23. The molecule has 1 fully saturated rings. The first-order chi connectivity index (χ1) is 10.0. The predicted molar refractivity (Wildman–Crippen MR) is 71.4 cm³/mol.